The molecule has 0 aliphatic carbocycles. The lowest BCUT2D eigenvalue weighted by molar-refractivity contribution is -0.141. The van der Waals surface area contributed by atoms with Gasteiger partial charge in [-0.2, -0.15) is 0 Å². The molecule has 1 atom stereocenters. The molecule has 2 aromatic rings. The number of amides is 3. The van der Waals surface area contributed by atoms with E-state index < -0.39 is 5.92 Å². The second-order valence-electron chi connectivity index (χ2n) is 7.94. The molecule has 0 bridgehead atoms. The van der Waals surface area contributed by atoms with Crippen LogP contribution in [-0.4, -0.2) is 53.7 Å². The molecule has 0 aromatic heterocycles. The van der Waals surface area contributed by atoms with E-state index in [1.165, 1.54) is 5.56 Å². The summed E-state index contributed by atoms with van der Waals surface area (Å²) >= 11 is 0. The molecule has 0 radical (unpaired) electrons. The monoisotopic (exact) mass is 405 g/mol. The summed E-state index contributed by atoms with van der Waals surface area (Å²) in [5, 5.41) is 2.84. The first-order valence-electron chi connectivity index (χ1n) is 10.6. The molecular weight excluding hydrogens is 378 g/mol. The number of fused-ring (bicyclic) bond motifs is 1. The third kappa shape index (κ3) is 4.53. The Morgan fingerprint density at radius 2 is 1.57 bits per heavy atom. The molecule has 0 saturated carbocycles. The van der Waals surface area contributed by atoms with Gasteiger partial charge in [-0.15, -0.1) is 0 Å². The van der Waals surface area contributed by atoms with Crippen molar-refractivity contribution in [3.05, 3.63) is 65.7 Å². The number of hydrogen-bond acceptors (Lipinski definition) is 3. The van der Waals surface area contributed by atoms with Crippen molar-refractivity contribution >= 4 is 23.4 Å². The fourth-order valence-corrected chi connectivity index (χ4v) is 4.27. The largest absolute Gasteiger partial charge is 0.339 e. The first kappa shape index (κ1) is 20.1. The van der Waals surface area contributed by atoms with Crippen LogP contribution in [0, 0.1) is 0 Å². The van der Waals surface area contributed by atoms with Gasteiger partial charge in [-0.1, -0.05) is 48.5 Å². The molecule has 1 unspecified atom stereocenters. The van der Waals surface area contributed by atoms with Gasteiger partial charge < -0.3 is 15.1 Å². The SMILES string of the molecule is O=C1CC(C(=O)N2CCN(C(=O)CCCc3ccccc3)CC2)c2ccccc2N1. The van der Waals surface area contributed by atoms with Crippen LogP contribution in [-0.2, 0) is 20.8 Å². The molecule has 3 amide bonds. The summed E-state index contributed by atoms with van der Waals surface area (Å²) in [6.07, 6.45) is 2.43. The molecule has 2 aliphatic rings. The molecule has 156 valence electrons. The molecule has 1 saturated heterocycles. The summed E-state index contributed by atoms with van der Waals surface area (Å²) in [7, 11) is 0. The fourth-order valence-electron chi connectivity index (χ4n) is 4.27. The second-order valence-corrected chi connectivity index (χ2v) is 7.94. The lowest BCUT2D eigenvalue weighted by atomic mass is 9.89. The van der Waals surface area contributed by atoms with Gasteiger partial charge in [0, 0.05) is 44.7 Å². The smallest absolute Gasteiger partial charge is 0.230 e. The van der Waals surface area contributed by atoms with Crippen LogP contribution in [0.4, 0.5) is 5.69 Å². The van der Waals surface area contributed by atoms with Gasteiger partial charge >= 0.3 is 0 Å². The Kier molecular flexibility index (Phi) is 6.12. The van der Waals surface area contributed by atoms with Gasteiger partial charge in [0.25, 0.3) is 0 Å². The third-order valence-electron chi connectivity index (χ3n) is 5.94. The quantitative estimate of drug-likeness (QED) is 0.832. The van der Waals surface area contributed by atoms with Gasteiger partial charge in [0.1, 0.15) is 0 Å². The third-order valence-corrected chi connectivity index (χ3v) is 5.94. The van der Waals surface area contributed by atoms with Crippen molar-refractivity contribution in [2.24, 2.45) is 0 Å². The average Bonchev–Trinajstić information content (AvgIpc) is 2.78. The van der Waals surface area contributed by atoms with Crippen LogP contribution in [0.3, 0.4) is 0 Å². The summed E-state index contributed by atoms with van der Waals surface area (Å²) in [6.45, 7) is 2.14. The molecule has 1 fully saturated rings. The Morgan fingerprint density at radius 3 is 2.33 bits per heavy atom. The topological polar surface area (TPSA) is 69.7 Å². The Hall–Kier alpha value is -3.15. The second kappa shape index (κ2) is 9.11. The number of nitrogens with zero attached hydrogens (tertiary/aromatic N) is 2. The highest BCUT2D eigenvalue weighted by molar-refractivity contribution is 6.01. The molecule has 2 aliphatic heterocycles. The van der Waals surface area contributed by atoms with E-state index >= 15 is 0 Å². The summed E-state index contributed by atoms with van der Waals surface area (Å²) in [5.74, 6) is -0.434. The number of para-hydroxylation sites is 1. The molecule has 0 spiro atoms. The van der Waals surface area contributed by atoms with Gasteiger partial charge in [-0.25, -0.2) is 0 Å². The molecule has 1 N–H and O–H groups in total. The first-order valence-corrected chi connectivity index (χ1v) is 10.6. The van der Waals surface area contributed by atoms with Crippen molar-refractivity contribution in [2.75, 3.05) is 31.5 Å². The van der Waals surface area contributed by atoms with Crippen LogP contribution >= 0.6 is 0 Å². The Balaban J connectivity index is 1.28. The van der Waals surface area contributed by atoms with E-state index in [9.17, 15) is 14.4 Å². The summed E-state index contributed by atoms with van der Waals surface area (Å²) in [6, 6.07) is 17.7. The average molecular weight is 405 g/mol. The lowest BCUT2D eigenvalue weighted by Crippen LogP contribution is -2.52. The van der Waals surface area contributed by atoms with Crippen LogP contribution in [0.25, 0.3) is 0 Å². The maximum Gasteiger partial charge on any atom is 0.230 e. The number of anilines is 1. The van der Waals surface area contributed by atoms with E-state index in [0.29, 0.717) is 32.6 Å². The van der Waals surface area contributed by atoms with Crippen LogP contribution in [0.1, 0.15) is 36.3 Å². The minimum Gasteiger partial charge on any atom is -0.339 e. The van der Waals surface area contributed by atoms with Gasteiger partial charge in [-0.3, -0.25) is 14.4 Å². The number of carbonyl (C=O) groups excluding carboxylic acids is 3. The first-order chi connectivity index (χ1) is 14.6. The molecule has 6 nitrogen and oxygen atoms in total. The van der Waals surface area contributed by atoms with Crippen molar-refractivity contribution in [1.82, 2.24) is 9.80 Å². The normalized spacial score (nSPS) is 18.5. The minimum absolute atomic E-state index is 0.0199. The zero-order valence-electron chi connectivity index (χ0n) is 17.0. The number of hydrogen-bond donors (Lipinski definition) is 1. The maximum atomic E-state index is 13.1. The highest BCUT2D eigenvalue weighted by Gasteiger charge is 2.34. The maximum absolute atomic E-state index is 13.1. The summed E-state index contributed by atoms with van der Waals surface area (Å²) in [5.41, 5.74) is 2.85. The Labute approximate surface area is 176 Å². The molecule has 30 heavy (non-hydrogen) atoms. The minimum atomic E-state index is -0.442. The van der Waals surface area contributed by atoms with Crippen LogP contribution in [0.2, 0.25) is 0 Å². The van der Waals surface area contributed by atoms with Crippen LogP contribution in [0.5, 0.6) is 0 Å². The predicted octanol–water partition coefficient (Wildman–Crippen LogP) is 2.81. The number of aryl methyl sites for hydroxylation is 1. The molecule has 2 aromatic carbocycles. The fraction of sp³-hybridized carbons (Fsp3) is 0.375. The number of piperazine rings is 1. The van der Waals surface area contributed by atoms with E-state index in [0.717, 1.165) is 24.1 Å². The lowest BCUT2D eigenvalue weighted by Gasteiger charge is -2.37. The molecule has 6 heteroatoms. The van der Waals surface area contributed by atoms with Gasteiger partial charge in [0.05, 0.1) is 5.92 Å². The van der Waals surface area contributed by atoms with E-state index in [2.05, 4.69) is 17.4 Å². The molecule has 2 heterocycles. The highest BCUT2D eigenvalue weighted by atomic mass is 16.2. The molecular formula is C24H27N3O3. The number of benzene rings is 2. The number of rotatable bonds is 5. The van der Waals surface area contributed by atoms with Gasteiger partial charge in [-0.05, 0) is 30.0 Å². The Bertz CT molecular complexity index is 920. The summed E-state index contributed by atoms with van der Waals surface area (Å²) < 4.78 is 0. The van der Waals surface area contributed by atoms with Crippen molar-refractivity contribution in [1.29, 1.82) is 0 Å². The van der Waals surface area contributed by atoms with Crippen LogP contribution in [0.15, 0.2) is 54.6 Å². The standard InChI is InChI=1S/C24H27N3O3/c28-22-17-20(19-10-4-5-11-21(19)25-22)24(30)27-15-13-26(14-16-27)23(29)12-6-9-18-7-2-1-3-8-18/h1-5,7-8,10-11,20H,6,9,12-17H2,(H,25,28). The van der Waals surface area contributed by atoms with Crippen molar-refractivity contribution in [2.45, 2.75) is 31.6 Å². The van der Waals surface area contributed by atoms with E-state index in [4.69, 9.17) is 0 Å². The zero-order chi connectivity index (χ0) is 20.9. The van der Waals surface area contributed by atoms with Crippen molar-refractivity contribution < 1.29 is 14.4 Å². The summed E-state index contributed by atoms with van der Waals surface area (Å²) in [4.78, 5) is 41.3. The van der Waals surface area contributed by atoms with Gasteiger partial charge in [0.15, 0.2) is 0 Å². The van der Waals surface area contributed by atoms with Gasteiger partial charge in [0.2, 0.25) is 17.7 Å². The van der Waals surface area contributed by atoms with Crippen molar-refractivity contribution in [3.8, 4) is 0 Å². The highest BCUT2D eigenvalue weighted by Crippen LogP contribution is 2.33. The zero-order valence-corrected chi connectivity index (χ0v) is 17.0. The Morgan fingerprint density at radius 1 is 0.900 bits per heavy atom. The number of carbonyl (C=O) groups is 3. The number of nitrogens with one attached hydrogen (secondary N) is 1. The van der Waals surface area contributed by atoms with Crippen molar-refractivity contribution in [3.63, 3.8) is 0 Å². The van der Waals surface area contributed by atoms with E-state index in [1.54, 1.807) is 4.90 Å². The molecule has 4 rings (SSSR count). The van der Waals surface area contributed by atoms with E-state index in [-0.39, 0.29) is 24.1 Å². The predicted molar refractivity (Wildman–Crippen MR) is 115 cm³/mol. The van der Waals surface area contributed by atoms with Crippen LogP contribution < -0.4 is 5.32 Å². The van der Waals surface area contributed by atoms with E-state index in [1.807, 2.05) is 47.4 Å².